The molecule has 3 aromatic heterocycles. The van der Waals surface area contributed by atoms with E-state index in [-0.39, 0.29) is 12.6 Å². The van der Waals surface area contributed by atoms with Crippen molar-refractivity contribution in [2.24, 2.45) is 0 Å². The Hall–Kier alpha value is -4.57. The van der Waals surface area contributed by atoms with Gasteiger partial charge in [-0.1, -0.05) is 47.1 Å². The van der Waals surface area contributed by atoms with Crippen LogP contribution in [0.25, 0.3) is 22.2 Å². The van der Waals surface area contributed by atoms with Crippen LogP contribution < -0.4 is 10.1 Å². The van der Waals surface area contributed by atoms with Crippen LogP contribution in [-0.2, 0) is 17.9 Å². The molecule has 5 aromatic rings. The maximum Gasteiger partial charge on any atom is 0.341 e. The number of aryl methyl sites for hydroxylation is 1. The molecule has 0 bridgehead atoms. The first-order chi connectivity index (χ1) is 18.5. The predicted octanol–water partition coefficient (Wildman–Crippen LogP) is 4.72. The SMILES string of the molecule is COC(=O)c1c(C)nc(OCc2cn(CCNc3ccnc4cc(Cl)ccc34)nn2)nc1-c1ccccc1. The summed E-state index contributed by atoms with van der Waals surface area (Å²) >= 11 is 6.08. The smallest absolute Gasteiger partial charge is 0.341 e. The number of esters is 1. The summed E-state index contributed by atoms with van der Waals surface area (Å²) in [4.78, 5) is 25.6. The molecule has 192 valence electrons. The monoisotopic (exact) mass is 529 g/mol. The fraction of sp³-hybridized carbons (Fsp3) is 0.185. The minimum Gasteiger partial charge on any atom is -0.465 e. The van der Waals surface area contributed by atoms with Crippen LogP contribution in [0, 0.1) is 6.92 Å². The highest BCUT2D eigenvalue weighted by atomic mass is 35.5. The fourth-order valence-electron chi connectivity index (χ4n) is 4.00. The van der Waals surface area contributed by atoms with Crippen LogP contribution in [0.15, 0.2) is 67.0 Å². The van der Waals surface area contributed by atoms with Crippen LogP contribution in [0.1, 0.15) is 21.7 Å². The van der Waals surface area contributed by atoms with E-state index >= 15 is 0 Å². The van der Waals surface area contributed by atoms with Gasteiger partial charge in [0, 0.05) is 34.4 Å². The number of fused-ring (bicyclic) bond motifs is 1. The number of carbonyl (C=O) groups excluding carboxylic acids is 1. The molecule has 3 heterocycles. The molecule has 0 aliphatic carbocycles. The lowest BCUT2D eigenvalue weighted by Crippen LogP contribution is -2.12. The summed E-state index contributed by atoms with van der Waals surface area (Å²) in [6.45, 7) is 3.06. The Morgan fingerprint density at radius 2 is 1.95 bits per heavy atom. The highest BCUT2D eigenvalue weighted by molar-refractivity contribution is 6.31. The molecule has 0 aliphatic heterocycles. The minimum absolute atomic E-state index is 0.119. The summed E-state index contributed by atoms with van der Waals surface area (Å²) in [7, 11) is 1.33. The second-order valence-corrected chi connectivity index (χ2v) is 8.82. The van der Waals surface area contributed by atoms with Crippen molar-refractivity contribution in [2.75, 3.05) is 19.0 Å². The van der Waals surface area contributed by atoms with Gasteiger partial charge in [0.2, 0.25) is 0 Å². The van der Waals surface area contributed by atoms with Gasteiger partial charge in [-0.05, 0) is 31.2 Å². The summed E-state index contributed by atoms with van der Waals surface area (Å²) in [5.41, 5.74) is 4.37. The third kappa shape index (κ3) is 5.55. The Morgan fingerprint density at radius 3 is 2.76 bits per heavy atom. The molecule has 0 saturated heterocycles. The summed E-state index contributed by atoms with van der Waals surface area (Å²) < 4.78 is 12.5. The quantitative estimate of drug-likeness (QED) is 0.270. The number of methoxy groups -OCH3 is 1. The number of hydrogen-bond acceptors (Lipinski definition) is 9. The lowest BCUT2D eigenvalue weighted by atomic mass is 10.0. The average molecular weight is 530 g/mol. The van der Waals surface area contributed by atoms with Crippen LogP contribution in [0.4, 0.5) is 5.69 Å². The largest absolute Gasteiger partial charge is 0.465 e. The molecule has 0 amide bonds. The molecule has 0 unspecified atom stereocenters. The van der Waals surface area contributed by atoms with E-state index in [0.717, 1.165) is 22.2 Å². The van der Waals surface area contributed by atoms with Gasteiger partial charge in [-0.25, -0.2) is 4.79 Å². The third-order valence-corrected chi connectivity index (χ3v) is 6.04. The number of rotatable bonds is 9. The fourth-order valence-corrected chi connectivity index (χ4v) is 4.16. The number of carbonyl (C=O) groups is 1. The van der Waals surface area contributed by atoms with Gasteiger partial charge in [-0.15, -0.1) is 5.10 Å². The van der Waals surface area contributed by atoms with Crippen molar-refractivity contribution in [3.05, 3.63) is 89.0 Å². The summed E-state index contributed by atoms with van der Waals surface area (Å²) in [6.07, 6.45) is 3.55. The Bertz CT molecular complexity index is 1590. The maximum atomic E-state index is 12.4. The van der Waals surface area contributed by atoms with Crippen molar-refractivity contribution in [2.45, 2.75) is 20.1 Å². The predicted molar refractivity (Wildman–Crippen MR) is 143 cm³/mol. The van der Waals surface area contributed by atoms with Gasteiger partial charge in [0.15, 0.2) is 0 Å². The molecule has 0 atom stereocenters. The Balaban J connectivity index is 1.24. The molecule has 2 aromatic carbocycles. The second-order valence-electron chi connectivity index (χ2n) is 8.38. The van der Waals surface area contributed by atoms with Gasteiger partial charge in [0.25, 0.3) is 0 Å². The number of nitrogens with zero attached hydrogens (tertiary/aromatic N) is 6. The van der Waals surface area contributed by atoms with Gasteiger partial charge < -0.3 is 14.8 Å². The highest BCUT2D eigenvalue weighted by Crippen LogP contribution is 2.27. The molecule has 0 saturated carbocycles. The van der Waals surface area contributed by atoms with E-state index in [1.165, 1.54) is 7.11 Å². The van der Waals surface area contributed by atoms with Crippen LogP contribution in [0.2, 0.25) is 5.02 Å². The summed E-state index contributed by atoms with van der Waals surface area (Å²) in [5, 5.41) is 13.4. The van der Waals surface area contributed by atoms with Crippen LogP contribution in [-0.4, -0.2) is 49.6 Å². The molecule has 10 nitrogen and oxygen atoms in total. The molecule has 11 heteroatoms. The molecule has 0 spiro atoms. The zero-order valence-corrected chi connectivity index (χ0v) is 21.5. The van der Waals surface area contributed by atoms with Crippen molar-refractivity contribution in [3.8, 4) is 17.3 Å². The van der Waals surface area contributed by atoms with Gasteiger partial charge in [0.05, 0.1) is 36.8 Å². The van der Waals surface area contributed by atoms with Crippen molar-refractivity contribution in [1.82, 2.24) is 29.9 Å². The number of anilines is 1. The number of aromatic nitrogens is 6. The summed E-state index contributed by atoms with van der Waals surface area (Å²) in [6, 6.07) is 17.0. The van der Waals surface area contributed by atoms with E-state index in [0.29, 0.717) is 40.8 Å². The number of pyridine rings is 1. The molecule has 5 rings (SSSR count). The number of benzene rings is 2. The standard InChI is InChI=1S/C27H24ClN7O3/c1-17-24(26(36)37-2)25(18-6-4-3-5-7-18)32-27(31-17)38-16-20-15-35(34-33-20)13-12-30-22-10-11-29-23-14-19(28)8-9-21(22)23/h3-11,14-15H,12-13,16H2,1-2H3,(H,29,30). The molecule has 1 N–H and O–H groups in total. The zero-order valence-electron chi connectivity index (χ0n) is 20.8. The number of hydrogen-bond donors (Lipinski definition) is 1. The third-order valence-electron chi connectivity index (χ3n) is 5.80. The van der Waals surface area contributed by atoms with E-state index in [9.17, 15) is 4.79 Å². The molecule has 0 aliphatic rings. The molecule has 0 radical (unpaired) electrons. The van der Waals surface area contributed by atoms with Crippen molar-refractivity contribution < 1.29 is 14.3 Å². The molecular formula is C27H24ClN7O3. The number of halogens is 1. The molecule has 0 fully saturated rings. The van der Waals surface area contributed by atoms with Gasteiger partial charge in [-0.3, -0.25) is 9.67 Å². The lowest BCUT2D eigenvalue weighted by Gasteiger charge is -2.12. The Labute approximate surface area is 223 Å². The van der Waals surface area contributed by atoms with Gasteiger partial charge in [-0.2, -0.15) is 9.97 Å². The normalized spacial score (nSPS) is 10.9. The van der Waals surface area contributed by atoms with E-state index in [2.05, 4.69) is 30.6 Å². The van der Waals surface area contributed by atoms with E-state index in [4.69, 9.17) is 21.1 Å². The number of ether oxygens (including phenoxy) is 2. The van der Waals surface area contributed by atoms with Gasteiger partial charge in [0.1, 0.15) is 17.9 Å². The Kier molecular flexibility index (Phi) is 7.41. The summed E-state index contributed by atoms with van der Waals surface area (Å²) in [5.74, 6) is -0.506. The number of nitrogens with one attached hydrogen (secondary N) is 1. The molecule has 38 heavy (non-hydrogen) atoms. The maximum absolute atomic E-state index is 12.4. The highest BCUT2D eigenvalue weighted by Gasteiger charge is 2.21. The lowest BCUT2D eigenvalue weighted by molar-refractivity contribution is 0.0599. The minimum atomic E-state index is -0.506. The van der Waals surface area contributed by atoms with E-state index < -0.39 is 5.97 Å². The van der Waals surface area contributed by atoms with Crippen molar-refractivity contribution in [3.63, 3.8) is 0 Å². The van der Waals surface area contributed by atoms with Crippen LogP contribution >= 0.6 is 11.6 Å². The van der Waals surface area contributed by atoms with Gasteiger partial charge >= 0.3 is 12.0 Å². The van der Waals surface area contributed by atoms with Crippen LogP contribution in [0.3, 0.4) is 0 Å². The van der Waals surface area contributed by atoms with Crippen molar-refractivity contribution in [1.29, 1.82) is 0 Å². The average Bonchev–Trinajstić information content (AvgIpc) is 3.39. The van der Waals surface area contributed by atoms with E-state index in [1.807, 2.05) is 54.6 Å². The topological polar surface area (TPSA) is 117 Å². The first-order valence-electron chi connectivity index (χ1n) is 11.8. The van der Waals surface area contributed by atoms with Crippen molar-refractivity contribution >= 4 is 34.2 Å². The van der Waals surface area contributed by atoms with E-state index in [1.54, 1.807) is 24.0 Å². The second kappa shape index (κ2) is 11.2. The molecular weight excluding hydrogens is 506 g/mol. The first kappa shape index (κ1) is 25.1. The Morgan fingerprint density at radius 1 is 1.11 bits per heavy atom. The zero-order chi connectivity index (χ0) is 26.5. The first-order valence-corrected chi connectivity index (χ1v) is 12.2. The van der Waals surface area contributed by atoms with Crippen LogP contribution in [0.5, 0.6) is 6.01 Å².